The highest BCUT2D eigenvalue weighted by molar-refractivity contribution is 5.43. The van der Waals surface area contributed by atoms with E-state index in [2.05, 4.69) is 0 Å². The third kappa shape index (κ3) is 2.24. The van der Waals surface area contributed by atoms with Gasteiger partial charge in [0.2, 0.25) is 0 Å². The van der Waals surface area contributed by atoms with Crippen LogP contribution < -0.4 is 10.5 Å². The second-order valence-corrected chi connectivity index (χ2v) is 5.35. The lowest BCUT2D eigenvalue weighted by molar-refractivity contribution is 0.286. The van der Waals surface area contributed by atoms with E-state index in [-0.39, 0.29) is 11.2 Å². The molecule has 0 unspecified atom stereocenters. The third-order valence-corrected chi connectivity index (χ3v) is 4.25. The maximum Gasteiger partial charge on any atom is 0.126 e. The number of halogens is 1. The fourth-order valence-electron chi connectivity index (χ4n) is 3.05. The Bertz CT molecular complexity index is 425. The molecule has 0 heterocycles. The molecule has 1 aromatic rings. The SMILES string of the molecule is COc1cc(C)c(F)cc1C1(CN)CCCCC1. The third-order valence-electron chi connectivity index (χ3n) is 4.25. The molecule has 0 bridgehead atoms. The number of aryl methyl sites for hydroxylation is 1. The minimum atomic E-state index is -0.163. The highest BCUT2D eigenvalue weighted by Crippen LogP contribution is 2.43. The van der Waals surface area contributed by atoms with Crippen LogP contribution >= 0.6 is 0 Å². The van der Waals surface area contributed by atoms with E-state index >= 15 is 0 Å². The van der Waals surface area contributed by atoms with Crippen LogP contribution in [0.25, 0.3) is 0 Å². The van der Waals surface area contributed by atoms with E-state index in [0.29, 0.717) is 12.1 Å². The largest absolute Gasteiger partial charge is 0.496 e. The van der Waals surface area contributed by atoms with E-state index < -0.39 is 0 Å². The molecule has 1 saturated carbocycles. The van der Waals surface area contributed by atoms with Gasteiger partial charge in [0.05, 0.1) is 7.11 Å². The van der Waals surface area contributed by atoms with Crippen molar-refractivity contribution in [2.45, 2.75) is 44.4 Å². The topological polar surface area (TPSA) is 35.2 Å². The second-order valence-electron chi connectivity index (χ2n) is 5.35. The van der Waals surface area contributed by atoms with Crippen molar-refractivity contribution in [1.29, 1.82) is 0 Å². The summed E-state index contributed by atoms with van der Waals surface area (Å²) in [6.07, 6.45) is 5.63. The molecule has 1 aliphatic carbocycles. The van der Waals surface area contributed by atoms with Gasteiger partial charge >= 0.3 is 0 Å². The molecule has 2 N–H and O–H groups in total. The Hall–Kier alpha value is -1.09. The van der Waals surface area contributed by atoms with Gasteiger partial charge in [0, 0.05) is 17.5 Å². The molecule has 0 amide bonds. The monoisotopic (exact) mass is 251 g/mol. The lowest BCUT2D eigenvalue weighted by Gasteiger charge is -2.37. The number of hydrogen-bond acceptors (Lipinski definition) is 2. The van der Waals surface area contributed by atoms with Gasteiger partial charge in [-0.15, -0.1) is 0 Å². The number of hydrogen-bond donors (Lipinski definition) is 1. The Morgan fingerprint density at radius 2 is 1.94 bits per heavy atom. The standard InChI is InChI=1S/C15H22FNO/c1-11-8-14(18-2)12(9-13(11)16)15(10-17)6-4-3-5-7-15/h8-9H,3-7,10,17H2,1-2H3. The van der Waals surface area contributed by atoms with Crippen LogP contribution in [0, 0.1) is 12.7 Å². The smallest absolute Gasteiger partial charge is 0.126 e. The lowest BCUT2D eigenvalue weighted by Crippen LogP contribution is -2.37. The Balaban J connectivity index is 2.49. The molecule has 0 aliphatic heterocycles. The fourth-order valence-corrected chi connectivity index (χ4v) is 3.05. The second kappa shape index (κ2) is 5.27. The summed E-state index contributed by atoms with van der Waals surface area (Å²) in [7, 11) is 1.64. The number of benzene rings is 1. The number of nitrogens with two attached hydrogens (primary N) is 1. The van der Waals surface area contributed by atoms with Crippen molar-refractivity contribution >= 4 is 0 Å². The van der Waals surface area contributed by atoms with Crippen molar-refractivity contribution in [2.24, 2.45) is 5.73 Å². The van der Waals surface area contributed by atoms with Gasteiger partial charge in [-0.2, -0.15) is 0 Å². The Morgan fingerprint density at radius 1 is 1.28 bits per heavy atom. The van der Waals surface area contributed by atoms with Crippen LogP contribution in [0.5, 0.6) is 5.75 Å². The molecule has 100 valence electrons. The van der Waals surface area contributed by atoms with E-state index in [4.69, 9.17) is 10.5 Å². The zero-order valence-electron chi connectivity index (χ0n) is 11.3. The summed E-state index contributed by atoms with van der Waals surface area (Å²) in [5, 5.41) is 0. The van der Waals surface area contributed by atoms with Gasteiger partial charge in [-0.25, -0.2) is 4.39 Å². The highest BCUT2D eigenvalue weighted by atomic mass is 19.1. The van der Waals surface area contributed by atoms with Crippen LogP contribution in [0.1, 0.15) is 43.2 Å². The molecule has 0 atom stereocenters. The number of rotatable bonds is 3. The van der Waals surface area contributed by atoms with Crippen LogP contribution in [0.3, 0.4) is 0 Å². The first-order chi connectivity index (χ1) is 8.63. The molecular formula is C15H22FNO. The predicted octanol–water partition coefficient (Wildman–Crippen LogP) is 3.30. The first kappa shape index (κ1) is 13.3. The molecular weight excluding hydrogens is 229 g/mol. The normalized spacial score (nSPS) is 18.7. The zero-order chi connectivity index (χ0) is 13.2. The fraction of sp³-hybridized carbons (Fsp3) is 0.600. The van der Waals surface area contributed by atoms with Crippen molar-refractivity contribution in [2.75, 3.05) is 13.7 Å². The van der Waals surface area contributed by atoms with Gasteiger partial charge in [-0.3, -0.25) is 0 Å². The summed E-state index contributed by atoms with van der Waals surface area (Å²) in [5.74, 6) is 0.616. The van der Waals surface area contributed by atoms with Gasteiger partial charge in [-0.05, 0) is 37.5 Å². The summed E-state index contributed by atoms with van der Waals surface area (Å²) in [4.78, 5) is 0. The Kier molecular flexibility index (Phi) is 3.91. The first-order valence-electron chi connectivity index (χ1n) is 6.67. The summed E-state index contributed by atoms with van der Waals surface area (Å²) >= 11 is 0. The number of ether oxygens (including phenoxy) is 1. The van der Waals surface area contributed by atoms with E-state index in [1.807, 2.05) is 0 Å². The molecule has 3 heteroatoms. The predicted molar refractivity (Wildman–Crippen MR) is 71.5 cm³/mol. The summed E-state index contributed by atoms with van der Waals surface area (Å²) in [6.45, 7) is 2.32. The van der Waals surface area contributed by atoms with Crippen LogP contribution in [-0.4, -0.2) is 13.7 Å². The quantitative estimate of drug-likeness (QED) is 0.894. The van der Waals surface area contributed by atoms with E-state index in [9.17, 15) is 4.39 Å². The molecule has 0 radical (unpaired) electrons. The first-order valence-corrected chi connectivity index (χ1v) is 6.67. The van der Waals surface area contributed by atoms with Crippen molar-refractivity contribution in [1.82, 2.24) is 0 Å². The highest BCUT2D eigenvalue weighted by Gasteiger charge is 2.35. The van der Waals surface area contributed by atoms with Crippen LogP contribution in [0.4, 0.5) is 4.39 Å². The van der Waals surface area contributed by atoms with Crippen molar-refractivity contribution in [3.05, 3.63) is 29.1 Å². The average molecular weight is 251 g/mol. The van der Waals surface area contributed by atoms with Gasteiger partial charge in [0.25, 0.3) is 0 Å². The summed E-state index contributed by atoms with van der Waals surface area (Å²) < 4.78 is 19.3. The molecule has 0 spiro atoms. The molecule has 2 nitrogen and oxygen atoms in total. The minimum absolute atomic E-state index is 0.0991. The summed E-state index contributed by atoms with van der Waals surface area (Å²) in [6, 6.07) is 3.42. The molecule has 0 aromatic heterocycles. The van der Waals surface area contributed by atoms with E-state index in [1.165, 1.54) is 6.42 Å². The zero-order valence-corrected chi connectivity index (χ0v) is 11.3. The lowest BCUT2D eigenvalue weighted by atomic mass is 9.69. The summed E-state index contributed by atoms with van der Waals surface area (Å²) in [5.41, 5.74) is 7.48. The average Bonchev–Trinajstić information content (AvgIpc) is 2.42. The molecule has 1 aromatic carbocycles. The maximum atomic E-state index is 13.9. The van der Waals surface area contributed by atoms with Crippen molar-refractivity contribution < 1.29 is 9.13 Å². The van der Waals surface area contributed by atoms with Crippen LogP contribution in [0.2, 0.25) is 0 Å². The van der Waals surface area contributed by atoms with Crippen molar-refractivity contribution in [3.8, 4) is 5.75 Å². The van der Waals surface area contributed by atoms with E-state index in [0.717, 1.165) is 37.0 Å². The Labute approximate surface area is 108 Å². The molecule has 1 aliphatic rings. The number of methoxy groups -OCH3 is 1. The Morgan fingerprint density at radius 3 is 2.50 bits per heavy atom. The van der Waals surface area contributed by atoms with Crippen LogP contribution in [0.15, 0.2) is 12.1 Å². The van der Waals surface area contributed by atoms with Gasteiger partial charge in [0.15, 0.2) is 0 Å². The maximum absolute atomic E-state index is 13.9. The molecule has 0 saturated heterocycles. The van der Waals surface area contributed by atoms with Crippen molar-refractivity contribution in [3.63, 3.8) is 0 Å². The molecule has 18 heavy (non-hydrogen) atoms. The van der Waals surface area contributed by atoms with E-state index in [1.54, 1.807) is 26.2 Å². The molecule has 1 fully saturated rings. The molecule has 2 rings (SSSR count). The van der Waals surface area contributed by atoms with Crippen LogP contribution in [-0.2, 0) is 5.41 Å². The minimum Gasteiger partial charge on any atom is -0.496 e. The van der Waals surface area contributed by atoms with Gasteiger partial charge < -0.3 is 10.5 Å². The van der Waals surface area contributed by atoms with Gasteiger partial charge in [-0.1, -0.05) is 19.3 Å². The van der Waals surface area contributed by atoms with Gasteiger partial charge in [0.1, 0.15) is 11.6 Å².